The van der Waals surface area contributed by atoms with Gasteiger partial charge in [0, 0.05) is 19.6 Å². The lowest BCUT2D eigenvalue weighted by molar-refractivity contribution is 0.583. The van der Waals surface area contributed by atoms with Gasteiger partial charge in [-0.2, -0.15) is 0 Å². The predicted molar refractivity (Wildman–Crippen MR) is 107 cm³/mol. The summed E-state index contributed by atoms with van der Waals surface area (Å²) >= 11 is 0. The van der Waals surface area contributed by atoms with Gasteiger partial charge in [0.2, 0.25) is 10.0 Å². The Hall–Kier alpha value is -0.940. The van der Waals surface area contributed by atoms with Gasteiger partial charge in [-0.15, -0.1) is 24.0 Å². The minimum absolute atomic E-state index is 0. The first-order valence-electron chi connectivity index (χ1n) is 7.71. The lowest BCUT2D eigenvalue weighted by Gasteiger charge is -2.11. The lowest BCUT2D eigenvalue weighted by Crippen LogP contribution is -2.39. The molecule has 1 rings (SSSR count). The van der Waals surface area contributed by atoms with Crippen LogP contribution in [0.3, 0.4) is 0 Å². The Morgan fingerprint density at radius 2 is 1.88 bits per heavy atom. The highest BCUT2D eigenvalue weighted by Crippen LogP contribution is 2.05. The fourth-order valence-corrected chi connectivity index (χ4v) is 2.44. The smallest absolute Gasteiger partial charge is 0.211 e. The number of hydrogen-bond donors (Lipinski definition) is 3. The summed E-state index contributed by atoms with van der Waals surface area (Å²) in [6.07, 6.45) is 0.541. The standard InChI is InChI=1S/C15H25FN4O2S.HI/c1-3-17-15(19-11-12-20-23(21,22)4-2)18-10-9-13-7-5-6-8-14(13)16;/h5-8,20H,3-4,9-12H2,1-2H3,(H2,17,18,19);1H. The lowest BCUT2D eigenvalue weighted by atomic mass is 10.1. The zero-order chi connectivity index (χ0) is 17.1. The third-order valence-corrected chi connectivity index (χ3v) is 4.48. The highest BCUT2D eigenvalue weighted by Gasteiger charge is 2.05. The van der Waals surface area contributed by atoms with Crippen molar-refractivity contribution in [3.8, 4) is 0 Å². The van der Waals surface area contributed by atoms with Gasteiger partial charge in [-0.1, -0.05) is 18.2 Å². The second-order valence-electron chi connectivity index (χ2n) is 4.83. The maximum absolute atomic E-state index is 13.5. The largest absolute Gasteiger partial charge is 0.357 e. The molecule has 0 fully saturated rings. The molecular weight excluding hydrogens is 446 g/mol. The number of sulfonamides is 1. The molecule has 24 heavy (non-hydrogen) atoms. The van der Waals surface area contributed by atoms with Crippen molar-refractivity contribution in [1.29, 1.82) is 0 Å². The number of nitrogens with zero attached hydrogens (tertiary/aromatic N) is 1. The fraction of sp³-hybridized carbons (Fsp3) is 0.533. The van der Waals surface area contributed by atoms with Crippen LogP contribution >= 0.6 is 24.0 Å². The average molecular weight is 472 g/mol. The Balaban J connectivity index is 0.00000529. The molecule has 0 amide bonds. The van der Waals surface area contributed by atoms with Gasteiger partial charge in [0.15, 0.2) is 5.96 Å². The molecule has 0 aliphatic heterocycles. The van der Waals surface area contributed by atoms with E-state index < -0.39 is 10.0 Å². The summed E-state index contributed by atoms with van der Waals surface area (Å²) in [6.45, 7) is 5.32. The van der Waals surface area contributed by atoms with Crippen LogP contribution in [-0.2, 0) is 16.4 Å². The van der Waals surface area contributed by atoms with Crippen LogP contribution in [0.15, 0.2) is 29.3 Å². The van der Waals surface area contributed by atoms with Crippen LogP contribution in [0.5, 0.6) is 0 Å². The van der Waals surface area contributed by atoms with E-state index in [0.717, 1.165) is 0 Å². The number of halogens is 2. The van der Waals surface area contributed by atoms with Crippen LogP contribution in [0.4, 0.5) is 4.39 Å². The first kappa shape index (κ1) is 23.1. The van der Waals surface area contributed by atoms with Crippen molar-refractivity contribution in [1.82, 2.24) is 15.4 Å². The van der Waals surface area contributed by atoms with E-state index in [1.165, 1.54) is 6.07 Å². The summed E-state index contributed by atoms with van der Waals surface area (Å²) < 4.78 is 38.6. The van der Waals surface area contributed by atoms with E-state index in [1.807, 2.05) is 6.92 Å². The molecule has 0 spiro atoms. The molecule has 138 valence electrons. The summed E-state index contributed by atoms with van der Waals surface area (Å²) in [6, 6.07) is 6.65. The van der Waals surface area contributed by atoms with Gasteiger partial charge < -0.3 is 10.6 Å². The highest BCUT2D eigenvalue weighted by atomic mass is 127. The van der Waals surface area contributed by atoms with Crippen LogP contribution in [0, 0.1) is 5.82 Å². The SMILES string of the molecule is CCNC(=NCCNS(=O)(=O)CC)NCCc1ccccc1F.I. The fourth-order valence-electron chi connectivity index (χ4n) is 1.83. The molecule has 1 aromatic rings. The molecule has 9 heteroatoms. The Kier molecular flexibility index (Phi) is 11.9. The number of hydrogen-bond acceptors (Lipinski definition) is 3. The molecule has 0 heterocycles. The van der Waals surface area contributed by atoms with Gasteiger partial charge in [-0.05, 0) is 31.9 Å². The Labute approximate surface area is 160 Å². The van der Waals surface area contributed by atoms with Crippen LogP contribution in [0.2, 0.25) is 0 Å². The molecular formula is C15H26FIN4O2S. The minimum Gasteiger partial charge on any atom is -0.357 e. The molecule has 0 aromatic heterocycles. The molecule has 0 saturated carbocycles. The van der Waals surface area contributed by atoms with Crippen LogP contribution < -0.4 is 15.4 Å². The molecule has 1 aromatic carbocycles. The van der Waals surface area contributed by atoms with Gasteiger partial charge in [0.1, 0.15) is 5.82 Å². The summed E-state index contributed by atoms with van der Waals surface area (Å²) in [5.41, 5.74) is 0.645. The van der Waals surface area contributed by atoms with Crippen molar-refractivity contribution in [2.45, 2.75) is 20.3 Å². The van der Waals surface area contributed by atoms with E-state index >= 15 is 0 Å². The Bertz CT molecular complexity index is 611. The summed E-state index contributed by atoms with van der Waals surface area (Å²) in [4.78, 5) is 4.28. The number of aliphatic imine (C=N–C) groups is 1. The van der Waals surface area contributed by atoms with Crippen molar-refractivity contribution in [3.63, 3.8) is 0 Å². The van der Waals surface area contributed by atoms with Gasteiger partial charge >= 0.3 is 0 Å². The van der Waals surface area contributed by atoms with Crippen LogP contribution in [0.1, 0.15) is 19.4 Å². The second kappa shape index (κ2) is 12.4. The van der Waals surface area contributed by atoms with Crippen molar-refractivity contribution in [3.05, 3.63) is 35.6 Å². The molecule has 0 aliphatic carbocycles. The van der Waals surface area contributed by atoms with Gasteiger partial charge in [-0.25, -0.2) is 17.5 Å². The van der Waals surface area contributed by atoms with Crippen LogP contribution in [-0.4, -0.2) is 46.3 Å². The molecule has 3 N–H and O–H groups in total. The van der Waals surface area contributed by atoms with E-state index in [2.05, 4.69) is 20.3 Å². The summed E-state index contributed by atoms with van der Waals surface area (Å²) in [7, 11) is -3.19. The van der Waals surface area contributed by atoms with Gasteiger partial charge in [-0.3, -0.25) is 4.99 Å². The normalized spacial score (nSPS) is 11.7. The molecule has 0 bridgehead atoms. The maximum atomic E-state index is 13.5. The molecule has 0 saturated heterocycles. The van der Waals surface area contributed by atoms with Crippen molar-refractivity contribution < 1.29 is 12.8 Å². The Morgan fingerprint density at radius 1 is 1.17 bits per heavy atom. The van der Waals surface area contributed by atoms with Crippen molar-refractivity contribution in [2.24, 2.45) is 4.99 Å². The molecule has 6 nitrogen and oxygen atoms in total. The van der Waals surface area contributed by atoms with E-state index in [0.29, 0.717) is 37.6 Å². The molecule has 0 atom stereocenters. The van der Waals surface area contributed by atoms with E-state index in [-0.39, 0.29) is 42.1 Å². The second-order valence-corrected chi connectivity index (χ2v) is 6.92. The van der Waals surface area contributed by atoms with E-state index in [9.17, 15) is 12.8 Å². The zero-order valence-corrected chi connectivity index (χ0v) is 17.2. The number of nitrogens with one attached hydrogen (secondary N) is 3. The average Bonchev–Trinajstić information content (AvgIpc) is 2.53. The van der Waals surface area contributed by atoms with E-state index in [4.69, 9.17) is 0 Å². The monoisotopic (exact) mass is 472 g/mol. The summed E-state index contributed by atoms with van der Waals surface area (Å²) in [5, 5.41) is 6.17. The maximum Gasteiger partial charge on any atom is 0.211 e. The van der Waals surface area contributed by atoms with Crippen LogP contribution in [0.25, 0.3) is 0 Å². The molecule has 0 unspecified atom stereocenters. The molecule has 0 radical (unpaired) electrons. The quantitative estimate of drug-likeness (QED) is 0.220. The minimum atomic E-state index is -3.19. The van der Waals surface area contributed by atoms with Crippen molar-refractivity contribution >= 4 is 40.0 Å². The topological polar surface area (TPSA) is 82.6 Å². The third-order valence-electron chi connectivity index (χ3n) is 3.07. The number of benzene rings is 1. The third kappa shape index (κ3) is 9.38. The van der Waals surface area contributed by atoms with E-state index in [1.54, 1.807) is 25.1 Å². The number of rotatable bonds is 9. The summed E-state index contributed by atoms with van der Waals surface area (Å²) in [5.74, 6) is 0.419. The first-order chi connectivity index (χ1) is 11.0. The van der Waals surface area contributed by atoms with Gasteiger partial charge in [0.25, 0.3) is 0 Å². The predicted octanol–water partition coefficient (Wildman–Crippen LogP) is 1.48. The highest BCUT2D eigenvalue weighted by molar-refractivity contribution is 14.0. The first-order valence-corrected chi connectivity index (χ1v) is 9.36. The number of guanidine groups is 1. The zero-order valence-electron chi connectivity index (χ0n) is 14.0. The van der Waals surface area contributed by atoms with Crippen molar-refractivity contribution in [2.75, 3.05) is 31.9 Å². The Morgan fingerprint density at radius 3 is 2.50 bits per heavy atom. The van der Waals surface area contributed by atoms with Gasteiger partial charge in [0.05, 0.1) is 12.3 Å². The molecule has 0 aliphatic rings.